The molecule has 1 aliphatic rings. The van der Waals surface area contributed by atoms with Crippen molar-refractivity contribution < 1.29 is 22.8 Å². The molecule has 12 heteroatoms. The topological polar surface area (TPSA) is 150 Å². The zero-order valence-electron chi connectivity index (χ0n) is 17.2. The maximum absolute atomic E-state index is 12.5. The number of carbonyl (C=O) groups is 3. The summed E-state index contributed by atoms with van der Waals surface area (Å²) in [7, 11) is -3.44. The summed E-state index contributed by atoms with van der Waals surface area (Å²) >= 11 is 1.31. The number of nitrogens with one attached hydrogen (secondary N) is 4. The molecular formula is C19H25N5O5S2. The van der Waals surface area contributed by atoms with Gasteiger partial charge in [0.05, 0.1) is 35.0 Å². The quantitative estimate of drug-likeness (QED) is 0.435. The number of rotatable bonds is 8. The van der Waals surface area contributed by atoms with Crippen LogP contribution in [0.25, 0.3) is 0 Å². The van der Waals surface area contributed by atoms with Crippen LogP contribution in [0.2, 0.25) is 0 Å². The second kappa shape index (κ2) is 9.60. The predicted molar refractivity (Wildman–Crippen MR) is 116 cm³/mol. The van der Waals surface area contributed by atoms with Crippen molar-refractivity contribution in [3.8, 4) is 0 Å². The van der Waals surface area contributed by atoms with E-state index in [0.29, 0.717) is 4.88 Å². The number of carbonyl (C=O) groups excluding carboxylic acids is 3. The number of hydrogen-bond acceptors (Lipinski definition) is 7. The first-order chi connectivity index (χ1) is 14.7. The molecule has 168 valence electrons. The van der Waals surface area contributed by atoms with E-state index in [-0.39, 0.29) is 29.7 Å². The van der Waals surface area contributed by atoms with Crippen LogP contribution in [0.3, 0.4) is 0 Å². The lowest BCUT2D eigenvalue weighted by atomic mass is 10.1. The maximum atomic E-state index is 12.5. The van der Waals surface area contributed by atoms with Gasteiger partial charge in [-0.1, -0.05) is 13.3 Å². The largest absolute Gasteiger partial charge is 0.349 e. The molecule has 2 unspecified atom stereocenters. The Labute approximate surface area is 184 Å². The maximum Gasteiger partial charge on any atom is 0.272 e. The summed E-state index contributed by atoms with van der Waals surface area (Å²) in [6, 6.07) is 3.52. The fraction of sp³-hybridized carbons (Fsp3) is 0.474. The Morgan fingerprint density at radius 3 is 2.52 bits per heavy atom. The van der Waals surface area contributed by atoms with Crippen molar-refractivity contribution >= 4 is 38.9 Å². The SMILES string of the molecule is CCCc1cc(C(=O)NC2CS(=O)(=O)CC2NC(=O)CNC(=O)c2ccc(C)s2)n[nH]1. The van der Waals surface area contributed by atoms with Gasteiger partial charge in [-0.05, 0) is 31.5 Å². The van der Waals surface area contributed by atoms with Crippen LogP contribution in [0.1, 0.15) is 44.1 Å². The van der Waals surface area contributed by atoms with E-state index in [0.717, 1.165) is 23.4 Å². The molecule has 2 aromatic heterocycles. The minimum atomic E-state index is -3.44. The molecule has 0 spiro atoms. The van der Waals surface area contributed by atoms with Crippen molar-refractivity contribution in [2.24, 2.45) is 0 Å². The molecule has 3 rings (SSSR count). The molecule has 31 heavy (non-hydrogen) atoms. The number of aromatic amines is 1. The monoisotopic (exact) mass is 467 g/mol. The van der Waals surface area contributed by atoms with Crippen molar-refractivity contribution in [1.82, 2.24) is 26.1 Å². The second-order valence-electron chi connectivity index (χ2n) is 7.45. The van der Waals surface area contributed by atoms with Crippen LogP contribution in [0.4, 0.5) is 0 Å². The predicted octanol–water partition coefficient (Wildman–Crippen LogP) is 0.174. The van der Waals surface area contributed by atoms with E-state index in [1.807, 2.05) is 13.8 Å². The zero-order valence-corrected chi connectivity index (χ0v) is 18.9. The van der Waals surface area contributed by atoms with Crippen molar-refractivity contribution in [2.75, 3.05) is 18.1 Å². The Bertz CT molecular complexity index is 1080. The van der Waals surface area contributed by atoms with Gasteiger partial charge in [-0.15, -0.1) is 11.3 Å². The normalized spacial score (nSPS) is 19.7. The molecule has 3 amide bonds. The van der Waals surface area contributed by atoms with Gasteiger partial charge in [-0.2, -0.15) is 5.10 Å². The van der Waals surface area contributed by atoms with E-state index in [4.69, 9.17) is 0 Å². The van der Waals surface area contributed by atoms with E-state index < -0.39 is 33.7 Å². The fourth-order valence-corrected chi connectivity index (χ4v) is 5.96. The Morgan fingerprint density at radius 1 is 1.16 bits per heavy atom. The molecule has 0 radical (unpaired) electrons. The van der Waals surface area contributed by atoms with Crippen LogP contribution >= 0.6 is 11.3 Å². The van der Waals surface area contributed by atoms with Crippen LogP contribution in [-0.4, -0.2) is 66.5 Å². The highest BCUT2D eigenvalue weighted by Crippen LogP contribution is 2.15. The Morgan fingerprint density at radius 2 is 1.87 bits per heavy atom. The van der Waals surface area contributed by atoms with Crippen LogP contribution < -0.4 is 16.0 Å². The average molecular weight is 468 g/mol. The van der Waals surface area contributed by atoms with Crippen molar-refractivity contribution in [1.29, 1.82) is 0 Å². The summed E-state index contributed by atoms with van der Waals surface area (Å²) in [5, 5.41) is 14.5. The minimum absolute atomic E-state index is 0.163. The van der Waals surface area contributed by atoms with Crippen molar-refractivity contribution in [3.05, 3.63) is 39.3 Å². The Balaban J connectivity index is 1.57. The van der Waals surface area contributed by atoms with Gasteiger partial charge in [0.1, 0.15) is 5.69 Å². The van der Waals surface area contributed by atoms with Gasteiger partial charge in [-0.25, -0.2) is 8.42 Å². The summed E-state index contributed by atoms with van der Waals surface area (Å²) in [6.07, 6.45) is 1.63. The van der Waals surface area contributed by atoms with E-state index in [1.165, 1.54) is 11.3 Å². The number of amides is 3. The third-order valence-corrected chi connectivity index (χ3v) is 7.51. The van der Waals surface area contributed by atoms with Crippen LogP contribution in [-0.2, 0) is 21.1 Å². The molecule has 1 fully saturated rings. The summed E-state index contributed by atoms with van der Waals surface area (Å²) in [6.45, 7) is 3.57. The number of sulfone groups is 1. The molecule has 0 aromatic carbocycles. The number of hydrogen-bond donors (Lipinski definition) is 4. The van der Waals surface area contributed by atoms with Crippen LogP contribution in [0, 0.1) is 6.92 Å². The van der Waals surface area contributed by atoms with Gasteiger partial charge in [0.25, 0.3) is 11.8 Å². The molecule has 0 saturated carbocycles. The van der Waals surface area contributed by atoms with Gasteiger partial charge in [-0.3, -0.25) is 19.5 Å². The fourth-order valence-electron chi connectivity index (χ4n) is 3.31. The highest BCUT2D eigenvalue weighted by atomic mass is 32.2. The lowest BCUT2D eigenvalue weighted by molar-refractivity contribution is -0.120. The molecule has 10 nitrogen and oxygen atoms in total. The van der Waals surface area contributed by atoms with Gasteiger partial charge >= 0.3 is 0 Å². The highest BCUT2D eigenvalue weighted by molar-refractivity contribution is 7.91. The molecule has 1 aliphatic heterocycles. The van der Waals surface area contributed by atoms with E-state index in [9.17, 15) is 22.8 Å². The third-order valence-electron chi connectivity index (χ3n) is 4.77. The van der Waals surface area contributed by atoms with E-state index in [1.54, 1.807) is 18.2 Å². The molecule has 0 bridgehead atoms. The van der Waals surface area contributed by atoms with Crippen LogP contribution in [0.15, 0.2) is 18.2 Å². The van der Waals surface area contributed by atoms with Gasteiger partial charge in [0, 0.05) is 10.6 Å². The molecule has 2 aromatic rings. The highest BCUT2D eigenvalue weighted by Gasteiger charge is 2.39. The summed E-state index contributed by atoms with van der Waals surface area (Å²) in [5.41, 5.74) is 0.976. The summed E-state index contributed by atoms with van der Waals surface area (Å²) < 4.78 is 24.2. The molecule has 1 saturated heterocycles. The van der Waals surface area contributed by atoms with Gasteiger partial charge < -0.3 is 16.0 Å². The third kappa shape index (κ3) is 6.14. The smallest absolute Gasteiger partial charge is 0.272 e. The van der Waals surface area contributed by atoms with Crippen molar-refractivity contribution in [2.45, 2.75) is 38.8 Å². The first-order valence-corrected chi connectivity index (χ1v) is 12.5. The summed E-state index contributed by atoms with van der Waals surface area (Å²) in [5.74, 6) is -1.99. The molecule has 0 aliphatic carbocycles. The van der Waals surface area contributed by atoms with Gasteiger partial charge in [0.2, 0.25) is 5.91 Å². The van der Waals surface area contributed by atoms with Crippen LogP contribution in [0.5, 0.6) is 0 Å². The number of H-pyrrole nitrogens is 1. The van der Waals surface area contributed by atoms with Gasteiger partial charge in [0.15, 0.2) is 9.84 Å². The molecule has 3 heterocycles. The van der Waals surface area contributed by atoms with E-state index in [2.05, 4.69) is 26.1 Å². The standard InChI is InChI=1S/C19H25N5O5S2/c1-3-4-12-7-13(24-23-12)18(26)22-15-10-31(28,29)9-14(15)21-17(25)8-20-19(27)16-6-5-11(2)30-16/h5-7,14-15H,3-4,8-10H2,1-2H3,(H,20,27)(H,21,25)(H,22,26)(H,23,24). The zero-order chi connectivity index (χ0) is 22.6. The molecular weight excluding hydrogens is 442 g/mol. The lowest BCUT2D eigenvalue weighted by Crippen LogP contribution is -2.52. The van der Waals surface area contributed by atoms with Crippen molar-refractivity contribution in [3.63, 3.8) is 0 Å². The van der Waals surface area contributed by atoms with E-state index >= 15 is 0 Å². The first kappa shape index (κ1) is 22.9. The Kier molecular flexibility index (Phi) is 7.11. The number of thiophene rings is 1. The second-order valence-corrected chi connectivity index (χ2v) is 10.9. The first-order valence-electron chi connectivity index (χ1n) is 9.86. The number of aromatic nitrogens is 2. The average Bonchev–Trinajstić information content (AvgIpc) is 3.40. The minimum Gasteiger partial charge on any atom is -0.349 e. The Hall–Kier alpha value is -2.73. The molecule has 2 atom stereocenters. The number of nitrogens with zero attached hydrogens (tertiary/aromatic N) is 1. The lowest BCUT2D eigenvalue weighted by Gasteiger charge is -2.20. The summed E-state index contributed by atoms with van der Waals surface area (Å²) in [4.78, 5) is 38.3. The molecule has 4 N–H and O–H groups in total. The number of aryl methyl sites for hydroxylation is 2.